The zero-order chi connectivity index (χ0) is 23.4. The summed E-state index contributed by atoms with van der Waals surface area (Å²) in [5.41, 5.74) is -0.665. The molecule has 5 heterocycles. The van der Waals surface area contributed by atoms with Crippen molar-refractivity contribution in [1.82, 2.24) is 9.80 Å². The molecule has 5 nitrogen and oxygen atoms in total. The Hall–Kier alpha value is -0.200. The Morgan fingerprint density at radius 3 is 2.18 bits per heavy atom. The van der Waals surface area contributed by atoms with Gasteiger partial charge in [-0.15, -0.1) is 0 Å². The minimum absolute atomic E-state index is 0.0247. The van der Waals surface area contributed by atoms with Gasteiger partial charge in [-0.3, -0.25) is 9.80 Å². The maximum atomic E-state index is 11.6. The van der Waals surface area contributed by atoms with E-state index in [4.69, 9.17) is 9.47 Å². The fourth-order valence-corrected chi connectivity index (χ4v) is 8.00. The van der Waals surface area contributed by atoms with Crippen LogP contribution in [0.3, 0.4) is 0 Å². The third kappa shape index (κ3) is 5.69. The molecule has 0 aromatic heterocycles. The third-order valence-electron chi connectivity index (χ3n) is 10.1. The second-order valence-electron chi connectivity index (χ2n) is 12.5. The molecular formula is C29H52N2O3. The predicted molar refractivity (Wildman–Crippen MR) is 137 cm³/mol. The quantitative estimate of drug-likeness (QED) is 0.476. The van der Waals surface area contributed by atoms with Gasteiger partial charge in [0.15, 0.2) is 0 Å². The van der Waals surface area contributed by atoms with Crippen LogP contribution in [0.5, 0.6) is 0 Å². The molecule has 5 rings (SSSR count). The Labute approximate surface area is 208 Å². The van der Waals surface area contributed by atoms with Crippen molar-refractivity contribution >= 4 is 0 Å². The van der Waals surface area contributed by atoms with Gasteiger partial charge in [0.25, 0.3) is 0 Å². The van der Waals surface area contributed by atoms with Gasteiger partial charge in [-0.1, -0.05) is 51.4 Å². The number of rotatable bonds is 0. The summed E-state index contributed by atoms with van der Waals surface area (Å²) < 4.78 is 13.5. The van der Waals surface area contributed by atoms with E-state index in [1.807, 2.05) is 0 Å². The van der Waals surface area contributed by atoms with Crippen molar-refractivity contribution in [2.75, 3.05) is 26.2 Å². The molecule has 5 fully saturated rings. The zero-order valence-electron chi connectivity index (χ0n) is 22.0. The lowest BCUT2D eigenvalue weighted by atomic mass is 9.81. The van der Waals surface area contributed by atoms with Crippen LogP contribution in [-0.4, -0.2) is 70.8 Å². The van der Waals surface area contributed by atoms with Gasteiger partial charge in [-0.2, -0.15) is 0 Å². The second kappa shape index (κ2) is 11.5. The second-order valence-corrected chi connectivity index (χ2v) is 12.5. The van der Waals surface area contributed by atoms with Gasteiger partial charge >= 0.3 is 0 Å². The van der Waals surface area contributed by atoms with Crippen LogP contribution in [0.4, 0.5) is 0 Å². The van der Waals surface area contributed by atoms with Gasteiger partial charge in [0.1, 0.15) is 17.6 Å². The SMILES string of the molecule is CC12OC3CCCCCCC4(O)CCCN5CCC(CCCCCCC1CCCN2CC3)OC54. The van der Waals surface area contributed by atoms with E-state index in [0.29, 0.717) is 18.1 Å². The Kier molecular flexibility index (Phi) is 8.58. The van der Waals surface area contributed by atoms with Crippen molar-refractivity contribution < 1.29 is 14.6 Å². The first kappa shape index (κ1) is 25.4. The van der Waals surface area contributed by atoms with Gasteiger partial charge < -0.3 is 14.6 Å². The van der Waals surface area contributed by atoms with Crippen LogP contribution in [0.2, 0.25) is 0 Å². The molecule has 4 bridgehead atoms. The van der Waals surface area contributed by atoms with E-state index in [1.165, 1.54) is 96.6 Å². The fourth-order valence-electron chi connectivity index (χ4n) is 8.00. The summed E-state index contributed by atoms with van der Waals surface area (Å²) in [5, 5.41) is 11.6. The summed E-state index contributed by atoms with van der Waals surface area (Å²) in [6.45, 7) is 7.07. The first-order valence-electron chi connectivity index (χ1n) is 15.1. The molecule has 0 aliphatic carbocycles. The molecule has 0 aromatic rings. The minimum atomic E-state index is -0.641. The van der Waals surface area contributed by atoms with E-state index < -0.39 is 5.60 Å². The van der Waals surface area contributed by atoms with Gasteiger partial charge in [0, 0.05) is 32.1 Å². The maximum absolute atomic E-state index is 11.6. The molecule has 6 atom stereocenters. The average Bonchev–Trinajstić information content (AvgIpc) is 2.83. The summed E-state index contributed by atoms with van der Waals surface area (Å²) in [5.74, 6) is 0.700. The van der Waals surface area contributed by atoms with Crippen molar-refractivity contribution in [1.29, 1.82) is 0 Å². The van der Waals surface area contributed by atoms with Crippen LogP contribution in [0.1, 0.15) is 122 Å². The van der Waals surface area contributed by atoms with Gasteiger partial charge in [-0.05, 0) is 71.1 Å². The number of fused-ring (bicyclic) bond motifs is 2. The summed E-state index contributed by atoms with van der Waals surface area (Å²) in [6, 6.07) is 0. The molecule has 0 spiro atoms. The van der Waals surface area contributed by atoms with Crippen LogP contribution in [0.15, 0.2) is 0 Å². The molecule has 34 heavy (non-hydrogen) atoms. The molecule has 5 heteroatoms. The molecule has 196 valence electrons. The molecule has 0 aromatic carbocycles. The van der Waals surface area contributed by atoms with Gasteiger partial charge in [0.05, 0.1) is 12.2 Å². The van der Waals surface area contributed by atoms with Crippen molar-refractivity contribution in [2.45, 2.75) is 152 Å². The Bertz CT molecular complexity index is 647. The molecule has 5 aliphatic rings. The summed E-state index contributed by atoms with van der Waals surface area (Å²) in [4.78, 5) is 5.12. The van der Waals surface area contributed by atoms with Crippen molar-refractivity contribution in [3.05, 3.63) is 0 Å². The lowest BCUT2D eigenvalue weighted by Crippen LogP contribution is -2.61. The number of hydrogen-bond donors (Lipinski definition) is 1. The van der Waals surface area contributed by atoms with Crippen LogP contribution in [0.25, 0.3) is 0 Å². The molecule has 5 saturated heterocycles. The van der Waals surface area contributed by atoms with E-state index in [9.17, 15) is 5.11 Å². The van der Waals surface area contributed by atoms with Crippen molar-refractivity contribution in [3.8, 4) is 0 Å². The molecule has 1 N–H and O–H groups in total. The first-order valence-corrected chi connectivity index (χ1v) is 15.1. The Morgan fingerprint density at radius 1 is 0.647 bits per heavy atom. The fraction of sp³-hybridized carbons (Fsp3) is 1.00. The molecule has 0 saturated carbocycles. The number of hydrogen-bond acceptors (Lipinski definition) is 5. The lowest BCUT2D eigenvalue weighted by Gasteiger charge is -2.54. The standard InChI is InChI=1S/C29H52N2O3/c1-28-24-12-6-2-3-7-14-25-16-22-30-20-11-19-29(32,27(30)33-25)18-9-5-4-8-15-26(34-28)17-23-31(28)21-10-13-24/h24-27,32H,2-23H2,1H3. The predicted octanol–water partition coefficient (Wildman–Crippen LogP) is 5.84. The normalized spacial score (nSPS) is 44.3. The highest BCUT2D eigenvalue weighted by Crippen LogP contribution is 2.42. The van der Waals surface area contributed by atoms with Crippen LogP contribution >= 0.6 is 0 Å². The number of piperidine rings is 2. The highest BCUT2D eigenvalue weighted by atomic mass is 16.5. The molecule has 0 radical (unpaired) electrons. The highest BCUT2D eigenvalue weighted by molar-refractivity contribution is 4.95. The van der Waals surface area contributed by atoms with E-state index in [-0.39, 0.29) is 12.0 Å². The summed E-state index contributed by atoms with van der Waals surface area (Å²) in [6.07, 6.45) is 22.5. The van der Waals surface area contributed by atoms with E-state index in [0.717, 1.165) is 45.2 Å². The molecule has 0 amide bonds. The summed E-state index contributed by atoms with van der Waals surface area (Å²) >= 11 is 0. The highest BCUT2D eigenvalue weighted by Gasteiger charge is 2.48. The largest absolute Gasteiger partial charge is 0.386 e. The van der Waals surface area contributed by atoms with Crippen LogP contribution in [0, 0.1) is 5.92 Å². The number of aliphatic hydroxyl groups is 1. The maximum Gasteiger partial charge on any atom is 0.140 e. The Balaban J connectivity index is 1.21. The van der Waals surface area contributed by atoms with Crippen LogP contribution < -0.4 is 0 Å². The lowest BCUT2D eigenvalue weighted by molar-refractivity contribution is -0.253. The minimum Gasteiger partial charge on any atom is -0.386 e. The number of nitrogens with zero attached hydrogens (tertiary/aromatic N) is 2. The van der Waals surface area contributed by atoms with Gasteiger partial charge in [-0.25, -0.2) is 0 Å². The molecule has 5 aliphatic heterocycles. The van der Waals surface area contributed by atoms with E-state index in [1.54, 1.807) is 0 Å². The van der Waals surface area contributed by atoms with E-state index in [2.05, 4.69) is 16.7 Å². The summed E-state index contributed by atoms with van der Waals surface area (Å²) in [7, 11) is 0. The third-order valence-corrected chi connectivity index (χ3v) is 10.1. The van der Waals surface area contributed by atoms with Crippen LogP contribution in [-0.2, 0) is 9.47 Å². The Morgan fingerprint density at radius 2 is 1.32 bits per heavy atom. The first-order chi connectivity index (χ1) is 16.6. The zero-order valence-corrected chi connectivity index (χ0v) is 22.0. The van der Waals surface area contributed by atoms with Crippen molar-refractivity contribution in [3.63, 3.8) is 0 Å². The topological polar surface area (TPSA) is 45.2 Å². The number of ether oxygens (including phenoxy) is 2. The van der Waals surface area contributed by atoms with Crippen molar-refractivity contribution in [2.24, 2.45) is 5.92 Å². The molecular weight excluding hydrogens is 424 g/mol. The monoisotopic (exact) mass is 476 g/mol. The smallest absolute Gasteiger partial charge is 0.140 e. The van der Waals surface area contributed by atoms with Gasteiger partial charge in [0.2, 0.25) is 0 Å². The van der Waals surface area contributed by atoms with E-state index >= 15 is 0 Å². The molecule has 6 unspecified atom stereocenters. The average molecular weight is 477 g/mol.